The van der Waals surface area contributed by atoms with E-state index in [1.807, 2.05) is 31.2 Å². The first-order valence-corrected chi connectivity index (χ1v) is 6.66. The van der Waals surface area contributed by atoms with Gasteiger partial charge in [-0.1, -0.05) is 24.3 Å². The summed E-state index contributed by atoms with van der Waals surface area (Å²) in [6.07, 6.45) is 1.15. The molecule has 18 heavy (non-hydrogen) atoms. The molecule has 1 fully saturated rings. The Balaban J connectivity index is 1.97. The molecule has 0 amide bonds. The first-order chi connectivity index (χ1) is 8.66. The number of carbonyl (C=O) groups is 1. The Morgan fingerprint density at radius 1 is 1.17 bits per heavy atom. The first kappa shape index (κ1) is 13.2. The second kappa shape index (κ2) is 6.12. The van der Waals surface area contributed by atoms with Crippen molar-refractivity contribution in [3.05, 3.63) is 35.4 Å². The molecule has 0 aliphatic carbocycles. The second-order valence-corrected chi connectivity index (χ2v) is 5.17. The largest absolute Gasteiger partial charge is 0.305 e. The van der Waals surface area contributed by atoms with E-state index in [-0.39, 0.29) is 5.78 Å². The fourth-order valence-electron chi connectivity index (χ4n) is 2.43. The molecule has 0 bridgehead atoms. The third kappa shape index (κ3) is 3.40. The zero-order valence-electron chi connectivity index (χ0n) is 11.4. The lowest BCUT2D eigenvalue weighted by atomic mass is 10.0. The van der Waals surface area contributed by atoms with Gasteiger partial charge >= 0.3 is 0 Å². The maximum atomic E-state index is 12.3. The van der Waals surface area contributed by atoms with E-state index in [1.54, 1.807) is 0 Å². The molecule has 3 nitrogen and oxygen atoms in total. The Morgan fingerprint density at radius 2 is 1.94 bits per heavy atom. The molecule has 1 heterocycles. The van der Waals surface area contributed by atoms with Crippen molar-refractivity contribution in [2.24, 2.45) is 0 Å². The average Bonchev–Trinajstić information content (AvgIpc) is 2.55. The maximum Gasteiger partial charge on any atom is 0.177 e. The fraction of sp³-hybridized carbons (Fsp3) is 0.533. The summed E-state index contributed by atoms with van der Waals surface area (Å²) in [5, 5.41) is 0. The van der Waals surface area contributed by atoms with Crippen molar-refractivity contribution in [3.8, 4) is 0 Å². The minimum Gasteiger partial charge on any atom is -0.305 e. The summed E-state index contributed by atoms with van der Waals surface area (Å²) < 4.78 is 0. The highest BCUT2D eigenvalue weighted by Gasteiger charge is 2.16. The number of likely N-dealkylation sites (N-methyl/N-ethyl adjacent to an activating group) is 1. The zero-order valence-corrected chi connectivity index (χ0v) is 11.4. The molecular weight excluding hydrogens is 224 g/mol. The van der Waals surface area contributed by atoms with Crippen LogP contribution in [-0.4, -0.2) is 55.4 Å². The van der Waals surface area contributed by atoms with E-state index < -0.39 is 0 Å². The molecular formula is C15H22N2O. The normalized spacial score (nSPS) is 18.6. The Morgan fingerprint density at radius 3 is 2.72 bits per heavy atom. The van der Waals surface area contributed by atoms with Gasteiger partial charge in [-0.05, 0) is 39.0 Å². The van der Waals surface area contributed by atoms with Crippen molar-refractivity contribution in [2.75, 3.05) is 39.8 Å². The number of Topliss-reactive ketones (excluding diaryl/α,β-unsaturated/α-hetero) is 1. The van der Waals surface area contributed by atoms with Crippen LogP contribution in [0.1, 0.15) is 22.3 Å². The van der Waals surface area contributed by atoms with Gasteiger partial charge in [-0.3, -0.25) is 9.69 Å². The zero-order chi connectivity index (χ0) is 13.0. The minimum absolute atomic E-state index is 0.248. The lowest BCUT2D eigenvalue weighted by molar-refractivity contribution is 0.0933. The number of benzene rings is 1. The number of carbonyl (C=O) groups excluding carboxylic acids is 1. The van der Waals surface area contributed by atoms with Gasteiger partial charge in [-0.2, -0.15) is 0 Å². The molecule has 0 aromatic heterocycles. The number of rotatable bonds is 3. The van der Waals surface area contributed by atoms with E-state index >= 15 is 0 Å². The predicted molar refractivity (Wildman–Crippen MR) is 74.1 cm³/mol. The van der Waals surface area contributed by atoms with Crippen molar-refractivity contribution >= 4 is 5.78 Å². The van der Waals surface area contributed by atoms with Crippen molar-refractivity contribution in [1.82, 2.24) is 9.80 Å². The summed E-state index contributed by atoms with van der Waals surface area (Å²) in [6.45, 7) is 6.77. The maximum absolute atomic E-state index is 12.3. The molecule has 1 saturated heterocycles. The molecule has 0 unspecified atom stereocenters. The Labute approximate surface area is 109 Å². The summed E-state index contributed by atoms with van der Waals surface area (Å²) >= 11 is 0. The quantitative estimate of drug-likeness (QED) is 0.760. The van der Waals surface area contributed by atoms with Gasteiger partial charge in [0.25, 0.3) is 0 Å². The van der Waals surface area contributed by atoms with E-state index in [1.165, 1.54) is 0 Å². The average molecular weight is 246 g/mol. The summed E-state index contributed by atoms with van der Waals surface area (Å²) in [6, 6.07) is 7.86. The van der Waals surface area contributed by atoms with E-state index in [0.717, 1.165) is 43.7 Å². The highest BCUT2D eigenvalue weighted by molar-refractivity contribution is 5.98. The third-order valence-corrected chi connectivity index (χ3v) is 3.62. The number of ketones is 1. The highest BCUT2D eigenvalue weighted by Crippen LogP contribution is 2.10. The summed E-state index contributed by atoms with van der Waals surface area (Å²) in [4.78, 5) is 16.9. The van der Waals surface area contributed by atoms with Crippen LogP contribution in [0, 0.1) is 6.92 Å². The van der Waals surface area contributed by atoms with Crippen LogP contribution in [0.25, 0.3) is 0 Å². The number of hydrogen-bond donors (Lipinski definition) is 0. The van der Waals surface area contributed by atoms with Crippen molar-refractivity contribution < 1.29 is 4.79 Å². The molecule has 3 heteroatoms. The van der Waals surface area contributed by atoms with Crippen LogP contribution in [0.3, 0.4) is 0 Å². The number of aryl methyl sites for hydroxylation is 1. The Hall–Kier alpha value is -1.19. The molecule has 2 rings (SSSR count). The second-order valence-electron chi connectivity index (χ2n) is 5.17. The number of hydrogen-bond acceptors (Lipinski definition) is 3. The third-order valence-electron chi connectivity index (χ3n) is 3.62. The van der Waals surface area contributed by atoms with E-state index in [0.29, 0.717) is 6.54 Å². The van der Waals surface area contributed by atoms with Crippen molar-refractivity contribution in [2.45, 2.75) is 13.3 Å². The van der Waals surface area contributed by atoms with Gasteiger partial charge in [0.1, 0.15) is 0 Å². The summed E-state index contributed by atoms with van der Waals surface area (Å²) in [5.41, 5.74) is 1.95. The smallest absolute Gasteiger partial charge is 0.177 e. The first-order valence-electron chi connectivity index (χ1n) is 6.66. The molecule has 1 aliphatic heterocycles. The van der Waals surface area contributed by atoms with Crippen LogP contribution in [0.4, 0.5) is 0 Å². The SMILES string of the molecule is Cc1ccccc1C(=O)CN1CCCN(C)CC1. The number of nitrogens with zero attached hydrogens (tertiary/aromatic N) is 2. The van der Waals surface area contributed by atoms with Gasteiger partial charge < -0.3 is 4.90 Å². The van der Waals surface area contributed by atoms with Gasteiger partial charge in [-0.15, -0.1) is 0 Å². The van der Waals surface area contributed by atoms with Crippen LogP contribution in [-0.2, 0) is 0 Å². The standard InChI is InChI=1S/C15H22N2O/c1-13-6-3-4-7-14(13)15(18)12-17-9-5-8-16(2)10-11-17/h3-4,6-7H,5,8-12H2,1-2H3. The van der Waals surface area contributed by atoms with Gasteiger partial charge in [0.05, 0.1) is 6.54 Å². The molecule has 1 aromatic rings. The molecule has 0 saturated carbocycles. The van der Waals surface area contributed by atoms with Crippen molar-refractivity contribution in [1.29, 1.82) is 0 Å². The van der Waals surface area contributed by atoms with E-state index in [9.17, 15) is 4.79 Å². The van der Waals surface area contributed by atoms with Gasteiger partial charge in [0.2, 0.25) is 0 Å². The van der Waals surface area contributed by atoms with Gasteiger partial charge in [0, 0.05) is 18.7 Å². The summed E-state index contributed by atoms with van der Waals surface area (Å²) in [7, 11) is 2.15. The van der Waals surface area contributed by atoms with Crippen LogP contribution >= 0.6 is 0 Å². The predicted octanol–water partition coefficient (Wildman–Crippen LogP) is 1.82. The van der Waals surface area contributed by atoms with Gasteiger partial charge in [0.15, 0.2) is 5.78 Å². The molecule has 1 aromatic carbocycles. The van der Waals surface area contributed by atoms with Crippen LogP contribution in [0.15, 0.2) is 24.3 Å². The van der Waals surface area contributed by atoms with Crippen LogP contribution in [0.2, 0.25) is 0 Å². The highest BCUT2D eigenvalue weighted by atomic mass is 16.1. The molecule has 1 aliphatic rings. The van der Waals surface area contributed by atoms with Gasteiger partial charge in [-0.25, -0.2) is 0 Å². The van der Waals surface area contributed by atoms with E-state index in [4.69, 9.17) is 0 Å². The topological polar surface area (TPSA) is 23.6 Å². The van der Waals surface area contributed by atoms with Crippen molar-refractivity contribution in [3.63, 3.8) is 0 Å². The lowest BCUT2D eigenvalue weighted by Gasteiger charge is -2.19. The monoisotopic (exact) mass is 246 g/mol. The van der Waals surface area contributed by atoms with Crippen LogP contribution in [0.5, 0.6) is 0 Å². The molecule has 0 N–H and O–H groups in total. The van der Waals surface area contributed by atoms with E-state index in [2.05, 4.69) is 16.8 Å². The molecule has 98 valence electrons. The van der Waals surface area contributed by atoms with Crippen LogP contribution < -0.4 is 0 Å². The Bertz CT molecular complexity index is 417. The molecule has 0 radical (unpaired) electrons. The fourth-order valence-corrected chi connectivity index (χ4v) is 2.43. The molecule has 0 spiro atoms. The Kier molecular flexibility index (Phi) is 4.50. The summed E-state index contributed by atoms with van der Waals surface area (Å²) in [5.74, 6) is 0.248. The lowest BCUT2D eigenvalue weighted by Crippen LogP contribution is -2.33. The molecule has 0 atom stereocenters. The minimum atomic E-state index is 0.248.